The van der Waals surface area contributed by atoms with Gasteiger partial charge in [0.05, 0.1) is 6.54 Å². The topological polar surface area (TPSA) is 99.3 Å². The average molecular weight is 348 g/mol. The molecule has 0 saturated heterocycles. The van der Waals surface area contributed by atoms with Crippen molar-refractivity contribution in [2.24, 2.45) is 5.92 Å². The normalized spacial score (nSPS) is 11.0. The summed E-state index contributed by atoms with van der Waals surface area (Å²) in [5.74, 6) is -0.0600. The van der Waals surface area contributed by atoms with E-state index in [9.17, 15) is 14.4 Å². The van der Waals surface area contributed by atoms with Gasteiger partial charge in [0.15, 0.2) is 0 Å². The summed E-state index contributed by atoms with van der Waals surface area (Å²) in [5, 5.41) is 10.7. The van der Waals surface area contributed by atoms with Gasteiger partial charge in [-0.1, -0.05) is 13.8 Å². The van der Waals surface area contributed by atoms with E-state index < -0.39 is 6.03 Å². The molecule has 0 aromatic heterocycles. The Morgan fingerprint density at radius 1 is 1.00 bits per heavy atom. The first-order valence-electron chi connectivity index (χ1n) is 8.31. The lowest BCUT2D eigenvalue weighted by molar-refractivity contribution is -0.120. The first-order chi connectivity index (χ1) is 11.6. The van der Waals surface area contributed by atoms with E-state index in [1.807, 2.05) is 34.6 Å². The number of urea groups is 1. The smallest absolute Gasteiger partial charge is 0.319 e. The van der Waals surface area contributed by atoms with Crippen molar-refractivity contribution in [2.75, 3.05) is 18.4 Å². The van der Waals surface area contributed by atoms with Gasteiger partial charge in [0.25, 0.3) is 5.91 Å². The van der Waals surface area contributed by atoms with Crippen LogP contribution in [0, 0.1) is 5.92 Å². The van der Waals surface area contributed by atoms with Crippen LogP contribution in [-0.4, -0.2) is 36.5 Å². The highest BCUT2D eigenvalue weighted by molar-refractivity contribution is 5.96. The first-order valence-corrected chi connectivity index (χ1v) is 8.31. The molecule has 0 bridgehead atoms. The number of carbonyl (C=O) groups excluding carboxylic acids is 3. The van der Waals surface area contributed by atoms with Gasteiger partial charge in [-0.05, 0) is 51.0 Å². The third-order valence-corrected chi connectivity index (χ3v) is 3.01. The zero-order valence-corrected chi connectivity index (χ0v) is 15.5. The number of benzene rings is 1. The minimum atomic E-state index is -0.480. The lowest BCUT2D eigenvalue weighted by Crippen LogP contribution is -2.40. The average Bonchev–Trinajstić information content (AvgIpc) is 2.50. The van der Waals surface area contributed by atoms with Crippen LogP contribution in [0.3, 0.4) is 0 Å². The molecule has 0 atom stereocenters. The van der Waals surface area contributed by atoms with E-state index in [-0.39, 0.29) is 23.9 Å². The van der Waals surface area contributed by atoms with Crippen LogP contribution in [0.4, 0.5) is 10.5 Å². The zero-order valence-electron chi connectivity index (χ0n) is 15.5. The van der Waals surface area contributed by atoms with Gasteiger partial charge < -0.3 is 21.3 Å². The van der Waals surface area contributed by atoms with Crippen molar-refractivity contribution in [1.29, 1.82) is 0 Å². The Morgan fingerprint density at radius 3 is 2.12 bits per heavy atom. The number of amides is 4. The predicted octanol–water partition coefficient (Wildman–Crippen LogP) is 2.11. The largest absolute Gasteiger partial charge is 0.354 e. The molecule has 0 aliphatic rings. The molecule has 4 N–H and O–H groups in total. The van der Waals surface area contributed by atoms with Crippen molar-refractivity contribution in [3.8, 4) is 0 Å². The molecule has 1 rings (SSSR count). The van der Waals surface area contributed by atoms with Crippen molar-refractivity contribution >= 4 is 23.5 Å². The monoisotopic (exact) mass is 348 g/mol. The lowest BCUT2D eigenvalue weighted by atomic mass is 10.1. The zero-order chi connectivity index (χ0) is 19.0. The SMILES string of the molecule is CC(C)CNC(=O)CNC(=O)Nc1ccc(C(=O)NC(C)(C)C)cc1. The Kier molecular flexibility index (Phi) is 7.42. The molecule has 0 spiro atoms. The summed E-state index contributed by atoms with van der Waals surface area (Å²) in [7, 11) is 0. The fourth-order valence-electron chi connectivity index (χ4n) is 1.83. The third-order valence-electron chi connectivity index (χ3n) is 3.01. The maximum Gasteiger partial charge on any atom is 0.319 e. The van der Waals surface area contributed by atoms with Crippen LogP contribution in [0.2, 0.25) is 0 Å². The minimum absolute atomic E-state index is 0.0926. The van der Waals surface area contributed by atoms with Crippen molar-refractivity contribution < 1.29 is 14.4 Å². The quantitative estimate of drug-likeness (QED) is 0.633. The number of rotatable bonds is 6. The third kappa shape index (κ3) is 8.74. The van der Waals surface area contributed by atoms with Crippen molar-refractivity contribution in [1.82, 2.24) is 16.0 Å². The molecule has 0 unspecified atom stereocenters. The van der Waals surface area contributed by atoms with E-state index >= 15 is 0 Å². The second-order valence-electron chi connectivity index (χ2n) is 7.29. The maximum atomic E-state index is 12.0. The standard InChI is InChI=1S/C18H28N4O3/c1-12(2)10-19-15(23)11-20-17(25)21-14-8-6-13(7-9-14)16(24)22-18(3,4)5/h6-9,12H,10-11H2,1-5H3,(H,19,23)(H,22,24)(H2,20,21,25). The fourth-order valence-corrected chi connectivity index (χ4v) is 1.83. The summed E-state index contributed by atoms with van der Waals surface area (Å²) in [4.78, 5) is 35.3. The van der Waals surface area contributed by atoms with Crippen molar-refractivity contribution in [2.45, 2.75) is 40.2 Å². The van der Waals surface area contributed by atoms with Gasteiger partial charge in [0, 0.05) is 23.3 Å². The maximum absolute atomic E-state index is 12.0. The van der Waals surface area contributed by atoms with E-state index in [0.29, 0.717) is 23.7 Å². The molecule has 7 nitrogen and oxygen atoms in total. The molecule has 4 amide bonds. The first kappa shape index (κ1) is 20.5. The van der Waals surface area contributed by atoms with Crippen molar-refractivity contribution in [3.63, 3.8) is 0 Å². The second kappa shape index (κ2) is 9.05. The van der Waals surface area contributed by atoms with E-state index in [2.05, 4.69) is 21.3 Å². The van der Waals surface area contributed by atoms with E-state index in [1.54, 1.807) is 24.3 Å². The van der Waals surface area contributed by atoms with Crippen LogP contribution in [0.25, 0.3) is 0 Å². The highest BCUT2D eigenvalue weighted by Gasteiger charge is 2.15. The van der Waals surface area contributed by atoms with Crippen LogP contribution in [-0.2, 0) is 4.79 Å². The number of hydrogen-bond donors (Lipinski definition) is 4. The van der Waals surface area contributed by atoms with Gasteiger partial charge in [-0.25, -0.2) is 4.79 Å². The van der Waals surface area contributed by atoms with Gasteiger partial charge in [-0.3, -0.25) is 9.59 Å². The molecule has 0 fully saturated rings. The molecule has 0 heterocycles. The van der Waals surface area contributed by atoms with Crippen LogP contribution in [0.1, 0.15) is 45.0 Å². The van der Waals surface area contributed by atoms with Gasteiger partial charge in [0.2, 0.25) is 5.91 Å². The predicted molar refractivity (Wildman–Crippen MR) is 98.5 cm³/mol. The fraction of sp³-hybridized carbons (Fsp3) is 0.500. The number of carbonyl (C=O) groups is 3. The van der Waals surface area contributed by atoms with E-state index in [1.165, 1.54) is 0 Å². The molecular weight excluding hydrogens is 320 g/mol. The van der Waals surface area contributed by atoms with E-state index in [0.717, 1.165) is 0 Å². The summed E-state index contributed by atoms with van der Waals surface area (Å²) in [5.41, 5.74) is 0.727. The molecule has 138 valence electrons. The van der Waals surface area contributed by atoms with Gasteiger partial charge in [-0.2, -0.15) is 0 Å². The number of anilines is 1. The number of hydrogen-bond acceptors (Lipinski definition) is 3. The highest BCUT2D eigenvalue weighted by Crippen LogP contribution is 2.10. The van der Waals surface area contributed by atoms with Gasteiger partial charge >= 0.3 is 6.03 Å². The second-order valence-corrected chi connectivity index (χ2v) is 7.29. The Balaban J connectivity index is 2.45. The molecule has 0 radical (unpaired) electrons. The molecule has 25 heavy (non-hydrogen) atoms. The Bertz CT molecular complexity index is 604. The van der Waals surface area contributed by atoms with Gasteiger partial charge in [-0.15, -0.1) is 0 Å². The van der Waals surface area contributed by atoms with Gasteiger partial charge in [0.1, 0.15) is 0 Å². The molecular formula is C18H28N4O3. The van der Waals surface area contributed by atoms with Crippen LogP contribution in [0.15, 0.2) is 24.3 Å². The summed E-state index contributed by atoms with van der Waals surface area (Å²) >= 11 is 0. The number of nitrogens with one attached hydrogen (secondary N) is 4. The van der Waals surface area contributed by atoms with Crippen molar-refractivity contribution in [3.05, 3.63) is 29.8 Å². The van der Waals surface area contributed by atoms with Crippen LogP contribution >= 0.6 is 0 Å². The summed E-state index contributed by atoms with van der Waals surface area (Å²) in [6.45, 7) is 10.2. The Morgan fingerprint density at radius 2 is 1.60 bits per heavy atom. The Labute approximate surface area is 148 Å². The minimum Gasteiger partial charge on any atom is -0.354 e. The summed E-state index contributed by atoms with van der Waals surface area (Å²) in [6, 6.07) is 6.05. The Hall–Kier alpha value is -2.57. The highest BCUT2D eigenvalue weighted by atomic mass is 16.2. The summed E-state index contributed by atoms with van der Waals surface area (Å²) < 4.78 is 0. The molecule has 0 aliphatic carbocycles. The molecule has 1 aromatic carbocycles. The molecule has 7 heteroatoms. The van der Waals surface area contributed by atoms with Crippen LogP contribution < -0.4 is 21.3 Å². The van der Waals surface area contributed by atoms with Crippen LogP contribution in [0.5, 0.6) is 0 Å². The molecule has 0 saturated carbocycles. The molecule has 1 aromatic rings. The van der Waals surface area contributed by atoms with E-state index in [4.69, 9.17) is 0 Å². The molecule has 0 aliphatic heterocycles. The summed E-state index contributed by atoms with van der Waals surface area (Å²) in [6.07, 6.45) is 0. The lowest BCUT2D eigenvalue weighted by Gasteiger charge is -2.20.